The van der Waals surface area contributed by atoms with Crippen LogP contribution in [0.3, 0.4) is 0 Å². The van der Waals surface area contributed by atoms with Crippen LogP contribution in [0.15, 0.2) is 73.3 Å². The van der Waals surface area contributed by atoms with E-state index < -0.39 is 65.2 Å². The number of unbranched alkanes of at least 4 members (excludes halogenated alkanes) is 22. The lowest BCUT2D eigenvalue weighted by molar-refractivity contribution is -0.144. The Morgan fingerprint density at radius 1 is 0.401 bits per heavy atom. The predicted molar refractivity (Wildman–Crippen MR) is 548 cm³/mol. The molecule has 4 amide bonds. The van der Waals surface area contributed by atoms with Gasteiger partial charge in [-0.15, -0.1) is 0 Å². The van der Waals surface area contributed by atoms with E-state index in [1.807, 2.05) is 57.0 Å². The normalized spacial score (nSPS) is 13.3. The highest BCUT2D eigenvalue weighted by atomic mass is 16.5. The van der Waals surface area contributed by atoms with Crippen LogP contribution in [0, 0.1) is 17.3 Å². The number of carbonyl (C=O) groups excluding carboxylic acids is 10. The molecular weight excluding hydrogens is 1820 g/mol. The van der Waals surface area contributed by atoms with E-state index in [9.17, 15) is 87.2 Å². The second-order valence-electron chi connectivity index (χ2n) is 39.6. The topological polar surface area (TPSA) is 516 Å². The Balaban J connectivity index is 1.35. The second-order valence-corrected chi connectivity index (χ2v) is 39.6. The molecule has 0 fully saturated rings. The number of nitrogens with two attached hydrogens (primary N) is 1. The van der Waals surface area contributed by atoms with E-state index in [1.54, 1.807) is 56.4 Å². The fourth-order valence-electron chi connectivity index (χ4n) is 17.5. The molecule has 2 aromatic carbocycles. The first-order valence-electron chi connectivity index (χ1n) is 52.3. The molecule has 1 aromatic heterocycles. The van der Waals surface area contributed by atoms with Crippen molar-refractivity contribution in [3.8, 4) is 11.5 Å². The Labute approximate surface area is 843 Å². The number of ether oxygens (including phenoxy) is 2. The van der Waals surface area contributed by atoms with E-state index in [2.05, 4.69) is 48.4 Å². The number of nitrogens with zero attached hydrogens (tertiary/aromatic N) is 5. The van der Waals surface area contributed by atoms with Crippen molar-refractivity contribution in [3.63, 3.8) is 0 Å². The maximum absolute atomic E-state index is 14.2. The molecule has 0 spiro atoms. The van der Waals surface area contributed by atoms with Gasteiger partial charge in [0.2, 0.25) is 23.6 Å². The van der Waals surface area contributed by atoms with E-state index in [0.29, 0.717) is 198 Å². The number of aryl methyl sites for hydroxylation is 1. The SMILES string of the molecule is C=C(NCCCC[C@H](NCC(=O)[C@H](CCCCNC(=O)[C@H](CCCCCC(=O)[C@H](CCCCNC(=O)CC[C@H](CC(=O)CCCCCCCCCCOc1ccc(C(=O)O)cc1)C(=O)O)N(C)C)N(C)C)CCC(=O)C(C)(C)CC(=O)CCc1cnc[nH]1)C(=O)O)[C@H](CCCCNC(=O)[C@H](CCCCCC(=O)CC[C@H](NC(=O)CCCCCCCCCCOc1ccc(C(=O)O)cc1)C(=O)O)N(C)C)N(C)N. The maximum atomic E-state index is 14.2. The summed E-state index contributed by atoms with van der Waals surface area (Å²) >= 11 is 0. The van der Waals surface area contributed by atoms with E-state index in [0.717, 1.165) is 108 Å². The van der Waals surface area contributed by atoms with Crippen molar-refractivity contribution in [1.29, 1.82) is 0 Å². The van der Waals surface area contributed by atoms with Crippen LogP contribution < -0.4 is 47.2 Å². The van der Waals surface area contributed by atoms with E-state index in [1.165, 1.54) is 30.6 Å². The highest BCUT2D eigenvalue weighted by Crippen LogP contribution is 2.30. The number of imidazole rings is 1. The Hall–Kier alpha value is -10.2. The first-order valence-corrected chi connectivity index (χ1v) is 52.3. The number of likely N-dealkylation sites (N-methyl/N-ethyl adjacent to an activating group) is 4. The third kappa shape index (κ3) is 57.9. The maximum Gasteiger partial charge on any atom is 0.335 e. The predicted octanol–water partition coefficient (Wildman–Crippen LogP) is 14.4. The number of aromatic nitrogens is 2. The number of carbonyl (C=O) groups is 15. The molecule has 0 saturated heterocycles. The van der Waals surface area contributed by atoms with Gasteiger partial charge in [0.1, 0.15) is 58.3 Å². The molecule has 3 rings (SSSR count). The zero-order valence-corrected chi connectivity index (χ0v) is 86.9. The first-order chi connectivity index (χ1) is 67.8. The van der Waals surface area contributed by atoms with Crippen LogP contribution >= 0.6 is 0 Å². The number of aromatic amines is 1. The molecule has 1 heterocycles. The van der Waals surface area contributed by atoms with Crippen LogP contribution in [0.25, 0.3) is 0 Å². The third-order valence-electron chi connectivity index (χ3n) is 26.4. The number of carboxylic acid groups (broad SMARTS) is 5. The van der Waals surface area contributed by atoms with Crippen LogP contribution in [0.5, 0.6) is 11.5 Å². The minimum Gasteiger partial charge on any atom is -0.494 e. The molecule has 800 valence electrons. The molecule has 142 heavy (non-hydrogen) atoms. The quantitative estimate of drug-likeness (QED) is 0.0142. The number of rotatable bonds is 92. The lowest BCUT2D eigenvalue weighted by Gasteiger charge is -2.27. The summed E-state index contributed by atoms with van der Waals surface area (Å²) < 4.78 is 11.4. The van der Waals surface area contributed by atoms with Gasteiger partial charge in [0.05, 0.1) is 67.3 Å². The Kier molecular flexibility index (Phi) is 66.2. The molecule has 0 aliphatic rings. The molecule has 0 bridgehead atoms. The number of H-pyrrole nitrogens is 1. The Morgan fingerprint density at radius 3 is 1.31 bits per heavy atom. The summed E-state index contributed by atoms with van der Waals surface area (Å²) in [4.78, 5) is 204. The lowest BCUT2D eigenvalue weighted by Crippen LogP contribution is -2.44. The van der Waals surface area contributed by atoms with E-state index in [4.69, 9.17) is 25.5 Å². The average Bonchev–Trinajstić information content (AvgIpc) is 0.984. The number of ketones is 6. The van der Waals surface area contributed by atoms with Crippen molar-refractivity contribution in [2.45, 2.75) is 371 Å². The number of carboxylic acids is 5. The fraction of sp³-hybridized carbons (Fsp3) is 0.701. The third-order valence-corrected chi connectivity index (χ3v) is 26.4. The Bertz CT molecular complexity index is 4200. The van der Waals surface area contributed by atoms with Crippen molar-refractivity contribution < 1.29 is 107 Å². The van der Waals surface area contributed by atoms with Gasteiger partial charge >= 0.3 is 29.8 Å². The average molecular weight is 2000 g/mol. The summed E-state index contributed by atoms with van der Waals surface area (Å²) in [6.45, 7) is 10.2. The number of amides is 4. The first kappa shape index (κ1) is 126. The van der Waals surface area contributed by atoms with E-state index in [-0.39, 0.29) is 171 Å². The molecular formula is C107H175N13O22. The van der Waals surface area contributed by atoms with Crippen molar-refractivity contribution in [1.82, 2.24) is 61.6 Å². The summed E-state index contributed by atoms with van der Waals surface area (Å²) in [5, 5.41) is 67.6. The number of benzene rings is 2. The highest BCUT2D eigenvalue weighted by molar-refractivity contribution is 5.92. The van der Waals surface area contributed by atoms with Crippen molar-refractivity contribution in [3.05, 3.63) is 90.2 Å². The molecule has 0 saturated carbocycles. The van der Waals surface area contributed by atoms with Gasteiger partial charge in [-0.25, -0.2) is 24.4 Å². The summed E-state index contributed by atoms with van der Waals surface area (Å²) in [6, 6.07) is 9.09. The van der Waals surface area contributed by atoms with Gasteiger partial charge in [-0.2, -0.15) is 0 Å². The minimum absolute atomic E-state index is 0.00721. The number of Topliss-reactive ketones (excluding diaryl/α,β-unsaturated/α-hetero) is 6. The van der Waals surface area contributed by atoms with E-state index >= 15 is 0 Å². The van der Waals surface area contributed by atoms with Gasteiger partial charge in [-0.1, -0.05) is 130 Å². The van der Waals surface area contributed by atoms with Crippen molar-refractivity contribution in [2.24, 2.45) is 23.1 Å². The fourth-order valence-corrected chi connectivity index (χ4v) is 17.5. The standard InChI is InChI=1S/C107H175N13O22/c1-78(91(120(10)108)45-33-38-70-113-101(130)93(118(6)7)47-27-23-26-42-84(121)59-64-90(106(139)140)116-99(128)50-30-20-16-12-14-18-22-40-72-142-88-62-53-81(54-63-88)103(133)134)110-67-36-32-44-89(105(137)138)114-76-96(125)79(55-65-97(126)107(2,3)74-86(123)58-57-83-75-109-77-115-83)41-31-35-69-112-100(129)94(119(8)9)48-28-24-29-49-95(124)92(117(4)5)46-34-37-68-111-98(127)66-56-82(104(135)136)73-85(122)43-25-19-15-11-13-17-21-39-71-141-87-60-51-80(52-61-87)102(131)132/h51-54,60-63,75,77,79,82,89-94,110,114H,1,11-50,55-59,64-74,76,108H2,2-10H3,(H,109,115)(H,111,127)(H,112,129)(H,113,130)(H,116,128)(H,131,132)(H,133,134)(H,135,136)(H,137,138)(H,139,140)/t79-,82-,89+,90+,91+,92+,93+,94+/m1/s1. The van der Waals surface area contributed by atoms with Gasteiger partial charge in [0.25, 0.3) is 0 Å². The summed E-state index contributed by atoms with van der Waals surface area (Å²) in [7, 11) is 12.9. The highest BCUT2D eigenvalue weighted by Gasteiger charge is 2.33. The number of hydrogen-bond acceptors (Lipinski definition) is 25. The Morgan fingerprint density at radius 2 is 0.831 bits per heavy atom. The molecule has 0 aliphatic heterocycles. The molecule has 0 aliphatic carbocycles. The largest absolute Gasteiger partial charge is 0.494 e. The van der Waals surface area contributed by atoms with Gasteiger partial charge in [0, 0.05) is 126 Å². The summed E-state index contributed by atoms with van der Waals surface area (Å²) in [5.74, 6) is -0.771. The van der Waals surface area contributed by atoms with Crippen molar-refractivity contribution >= 4 is 88.2 Å². The smallest absolute Gasteiger partial charge is 0.335 e. The second kappa shape index (κ2) is 74.7. The monoisotopic (exact) mass is 1990 g/mol. The molecule has 35 heteroatoms. The van der Waals surface area contributed by atoms with Gasteiger partial charge in [-0.05, 0) is 238 Å². The molecule has 8 atom stereocenters. The molecule has 0 radical (unpaired) electrons. The number of hydrogen-bond donors (Lipinski definition) is 13. The lowest BCUT2D eigenvalue weighted by atomic mass is 9.78. The number of nitrogens with one attached hydrogen (secondary N) is 7. The van der Waals surface area contributed by atoms with Crippen LogP contribution in [0.4, 0.5) is 0 Å². The molecule has 3 aromatic rings. The van der Waals surface area contributed by atoms with Gasteiger partial charge < -0.3 is 66.6 Å². The van der Waals surface area contributed by atoms with Crippen LogP contribution in [-0.4, -0.2) is 275 Å². The number of aromatic carboxylic acids is 2. The van der Waals surface area contributed by atoms with Crippen LogP contribution in [0.2, 0.25) is 0 Å². The van der Waals surface area contributed by atoms with Gasteiger partial charge in [0.15, 0.2) is 0 Å². The summed E-state index contributed by atoms with van der Waals surface area (Å²) in [5.41, 5.74) is 0.924. The van der Waals surface area contributed by atoms with Crippen LogP contribution in [-0.2, 0) is 68.7 Å². The number of hydrazine groups is 1. The molecule has 35 nitrogen and oxygen atoms in total. The zero-order chi connectivity index (χ0) is 105. The van der Waals surface area contributed by atoms with Crippen molar-refractivity contribution in [2.75, 3.05) is 95.3 Å². The number of aliphatic carboxylic acids is 3. The zero-order valence-electron chi connectivity index (χ0n) is 86.9. The van der Waals surface area contributed by atoms with Gasteiger partial charge in [-0.3, -0.25) is 83.4 Å². The summed E-state index contributed by atoms with van der Waals surface area (Å²) in [6.07, 6.45) is 32.1. The molecule has 14 N–H and O–H groups in total. The molecule has 0 unspecified atom stereocenters. The van der Waals surface area contributed by atoms with Crippen LogP contribution in [0.1, 0.15) is 355 Å². The minimum atomic E-state index is -1.18.